The summed E-state index contributed by atoms with van der Waals surface area (Å²) in [6, 6.07) is 17.6. The van der Waals surface area contributed by atoms with Crippen molar-refractivity contribution in [3.05, 3.63) is 89.2 Å². The maximum absolute atomic E-state index is 13.8. The van der Waals surface area contributed by atoms with Gasteiger partial charge in [0, 0.05) is 29.4 Å². The molecule has 0 fully saturated rings. The number of hydrogen-bond donors (Lipinski definition) is 3. The molecule has 0 aliphatic heterocycles. The number of anilines is 3. The molecule has 0 bridgehead atoms. The third-order valence-corrected chi connectivity index (χ3v) is 4.32. The normalized spacial score (nSPS) is 10.2. The van der Waals surface area contributed by atoms with E-state index in [1.54, 1.807) is 42.5 Å². The van der Waals surface area contributed by atoms with Gasteiger partial charge >= 0.3 is 0 Å². The van der Waals surface area contributed by atoms with Crippen LogP contribution >= 0.6 is 0 Å². The summed E-state index contributed by atoms with van der Waals surface area (Å²) in [5, 5.41) is 7.84. The number of rotatable bonds is 5. The lowest BCUT2D eigenvalue weighted by atomic mass is 10.1. The Morgan fingerprint density at radius 3 is 2.13 bits per heavy atom. The van der Waals surface area contributed by atoms with Gasteiger partial charge in [-0.25, -0.2) is 4.39 Å². The van der Waals surface area contributed by atoms with Crippen LogP contribution in [-0.4, -0.2) is 17.7 Å². The highest BCUT2D eigenvalue weighted by Gasteiger charge is 2.13. The summed E-state index contributed by atoms with van der Waals surface area (Å²) >= 11 is 0. The van der Waals surface area contributed by atoms with E-state index in [1.165, 1.54) is 19.1 Å². The summed E-state index contributed by atoms with van der Waals surface area (Å²) in [5.41, 5.74) is 2.42. The van der Waals surface area contributed by atoms with Crippen LogP contribution in [0.3, 0.4) is 0 Å². The SMILES string of the molecule is CC(=O)Nc1cc(NC(=O)c2ccc(C)c(NC(=O)c3ccccc3)c2)ccc1F. The van der Waals surface area contributed by atoms with Gasteiger partial charge in [-0.1, -0.05) is 24.3 Å². The number of hydrogen-bond acceptors (Lipinski definition) is 3. The van der Waals surface area contributed by atoms with E-state index in [2.05, 4.69) is 16.0 Å². The van der Waals surface area contributed by atoms with Crippen LogP contribution in [0.4, 0.5) is 21.5 Å². The Bertz CT molecular complexity index is 1110. The maximum atomic E-state index is 13.8. The van der Waals surface area contributed by atoms with Crippen LogP contribution in [-0.2, 0) is 4.79 Å². The third kappa shape index (κ3) is 5.08. The Labute approximate surface area is 173 Å². The molecule has 3 amide bonds. The lowest BCUT2D eigenvalue weighted by Gasteiger charge is -2.12. The van der Waals surface area contributed by atoms with Crippen LogP contribution in [0, 0.1) is 12.7 Å². The van der Waals surface area contributed by atoms with Gasteiger partial charge in [-0.2, -0.15) is 0 Å². The largest absolute Gasteiger partial charge is 0.324 e. The Balaban J connectivity index is 1.78. The number of amides is 3. The van der Waals surface area contributed by atoms with Crippen molar-refractivity contribution in [2.45, 2.75) is 13.8 Å². The minimum atomic E-state index is -0.607. The van der Waals surface area contributed by atoms with Crippen molar-refractivity contribution >= 4 is 34.8 Å². The molecule has 3 aromatic rings. The zero-order chi connectivity index (χ0) is 21.7. The maximum Gasteiger partial charge on any atom is 0.255 e. The van der Waals surface area contributed by atoms with Gasteiger partial charge in [0.1, 0.15) is 5.82 Å². The van der Waals surface area contributed by atoms with Crippen LogP contribution in [0.15, 0.2) is 66.7 Å². The first kappa shape index (κ1) is 20.7. The molecular formula is C23H20FN3O3. The molecule has 6 nitrogen and oxygen atoms in total. The van der Waals surface area contributed by atoms with Gasteiger partial charge in [-0.3, -0.25) is 14.4 Å². The number of halogens is 1. The summed E-state index contributed by atoms with van der Waals surface area (Å²) in [7, 11) is 0. The molecule has 30 heavy (non-hydrogen) atoms. The van der Waals surface area contributed by atoms with E-state index in [0.29, 0.717) is 22.5 Å². The van der Waals surface area contributed by atoms with E-state index in [1.807, 2.05) is 13.0 Å². The first-order valence-electron chi connectivity index (χ1n) is 9.19. The number of carbonyl (C=O) groups excluding carboxylic acids is 3. The molecule has 0 aromatic heterocycles. The molecule has 0 unspecified atom stereocenters. The molecule has 0 saturated heterocycles. The van der Waals surface area contributed by atoms with Crippen LogP contribution in [0.2, 0.25) is 0 Å². The van der Waals surface area contributed by atoms with Gasteiger partial charge in [0.05, 0.1) is 5.69 Å². The smallest absolute Gasteiger partial charge is 0.255 e. The highest BCUT2D eigenvalue weighted by Crippen LogP contribution is 2.22. The van der Waals surface area contributed by atoms with Crippen molar-refractivity contribution in [2.24, 2.45) is 0 Å². The number of benzene rings is 3. The van der Waals surface area contributed by atoms with Crippen LogP contribution in [0.5, 0.6) is 0 Å². The molecule has 3 rings (SSSR count). The average Bonchev–Trinajstić information content (AvgIpc) is 2.72. The highest BCUT2D eigenvalue weighted by molar-refractivity contribution is 6.08. The quantitative estimate of drug-likeness (QED) is 0.580. The number of carbonyl (C=O) groups is 3. The zero-order valence-corrected chi connectivity index (χ0v) is 16.5. The molecule has 0 atom stereocenters. The van der Waals surface area contributed by atoms with Gasteiger partial charge in [-0.05, 0) is 55.0 Å². The van der Waals surface area contributed by atoms with Crippen molar-refractivity contribution < 1.29 is 18.8 Å². The summed E-state index contributed by atoms with van der Waals surface area (Å²) in [5.74, 6) is -1.75. The molecule has 7 heteroatoms. The Morgan fingerprint density at radius 1 is 0.733 bits per heavy atom. The number of nitrogens with one attached hydrogen (secondary N) is 3. The monoisotopic (exact) mass is 405 g/mol. The van der Waals surface area contributed by atoms with Crippen LogP contribution < -0.4 is 16.0 Å². The molecule has 0 radical (unpaired) electrons. The predicted molar refractivity (Wildman–Crippen MR) is 114 cm³/mol. The van der Waals surface area contributed by atoms with Gasteiger partial charge in [0.25, 0.3) is 11.8 Å². The molecule has 0 aliphatic carbocycles. The summed E-state index contributed by atoms with van der Waals surface area (Å²) in [6.07, 6.45) is 0. The van der Waals surface area contributed by atoms with E-state index < -0.39 is 17.6 Å². The Morgan fingerprint density at radius 2 is 1.43 bits per heavy atom. The van der Waals surface area contributed by atoms with Crippen molar-refractivity contribution in [1.29, 1.82) is 0 Å². The number of aryl methyl sites for hydroxylation is 1. The summed E-state index contributed by atoms with van der Waals surface area (Å²) < 4.78 is 13.8. The molecule has 0 heterocycles. The fraction of sp³-hybridized carbons (Fsp3) is 0.0870. The average molecular weight is 405 g/mol. The lowest BCUT2D eigenvalue weighted by Crippen LogP contribution is -2.16. The first-order valence-corrected chi connectivity index (χ1v) is 9.19. The topological polar surface area (TPSA) is 87.3 Å². The van der Waals surface area contributed by atoms with Crippen LogP contribution in [0.1, 0.15) is 33.2 Å². The standard InChI is InChI=1S/C23H20FN3O3/c1-14-8-9-17(12-20(14)27-22(29)16-6-4-3-5-7-16)23(30)26-18-10-11-19(24)21(13-18)25-15(2)28/h3-13H,1-2H3,(H,25,28)(H,26,30)(H,27,29). The van der Waals surface area contributed by atoms with Gasteiger partial charge in [-0.15, -0.1) is 0 Å². The summed E-state index contributed by atoms with van der Waals surface area (Å²) in [6.45, 7) is 3.09. The predicted octanol–water partition coefficient (Wildman–Crippen LogP) is 4.60. The molecule has 3 N–H and O–H groups in total. The summed E-state index contributed by atoms with van der Waals surface area (Å²) in [4.78, 5) is 36.2. The molecule has 0 saturated carbocycles. The van der Waals surface area contributed by atoms with Crippen molar-refractivity contribution in [2.75, 3.05) is 16.0 Å². The highest BCUT2D eigenvalue weighted by atomic mass is 19.1. The molecule has 152 valence electrons. The fourth-order valence-corrected chi connectivity index (χ4v) is 2.77. The van der Waals surface area contributed by atoms with Gasteiger partial charge in [0.15, 0.2) is 0 Å². The van der Waals surface area contributed by atoms with E-state index in [-0.39, 0.29) is 11.6 Å². The van der Waals surface area contributed by atoms with Crippen LogP contribution in [0.25, 0.3) is 0 Å². The minimum Gasteiger partial charge on any atom is -0.324 e. The minimum absolute atomic E-state index is 0.0278. The van der Waals surface area contributed by atoms with E-state index >= 15 is 0 Å². The molecule has 3 aromatic carbocycles. The van der Waals surface area contributed by atoms with E-state index in [4.69, 9.17) is 0 Å². The Hall–Kier alpha value is -4.00. The van der Waals surface area contributed by atoms with Gasteiger partial charge in [0.2, 0.25) is 5.91 Å². The zero-order valence-electron chi connectivity index (χ0n) is 16.5. The second-order valence-electron chi connectivity index (χ2n) is 6.68. The van der Waals surface area contributed by atoms with E-state index in [9.17, 15) is 18.8 Å². The molecule has 0 spiro atoms. The second-order valence-corrected chi connectivity index (χ2v) is 6.68. The fourth-order valence-electron chi connectivity index (χ4n) is 2.77. The van der Waals surface area contributed by atoms with Gasteiger partial charge < -0.3 is 16.0 Å². The molecular weight excluding hydrogens is 385 g/mol. The second kappa shape index (κ2) is 9.00. The molecule has 0 aliphatic rings. The van der Waals surface area contributed by atoms with Crippen molar-refractivity contribution in [3.8, 4) is 0 Å². The first-order chi connectivity index (χ1) is 14.3. The van der Waals surface area contributed by atoms with Crippen molar-refractivity contribution in [3.63, 3.8) is 0 Å². The Kier molecular flexibility index (Phi) is 6.22. The van der Waals surface area contributed by atoms with E-state index in [0.717, 1.165) is 11.6 Å². The third-order valence-electron chi connectivity index (χ3n) is 4.32. The van der Waals surface area contributed by atoms with Crippen molar-refractivity contribution in [1.82, 2.24) is 0 Å². The lowest BCUT2D eigenvalue weighted by molar-refractivity contribution is -0.114.